The summed E-state index contributed by atoms with van der Waals surface area (Å²) in [4.78, 5) is 4.45. The van der Waals surface area contributed by atoms with Crippen LogP contribution in [0, 0.1) is 0 Å². The van der Waals surface area contributed by atoms with E-state index >= 15 is 0 Å². The lowest BCUT2D eigenvalue weighted by Crippen LogP contribution is -2.16. The molecule has 1 aromatic carbocycles. The highest BCUT2D eigenvalue weighted by Crippen LogP contribution is 2.25. The van der Waals surface area contributed by atoms with E-state index in [1.54, 1.807) is 7.11 Å². The van der Waals surface area contributed by atoms with Gasteiger partial charge in [0.25, 0.3) is 0 Å². The van der Waals surface area contributed by atoms with Crippen LogP contribution in [0.2, 0.25) is 0 Å². The zero-order valence-corrected chi connectivity index (χ0v) is 12.5. The summed E-state index contributed by atoms with van der Waals surface area (Å²) in [7, 11) is 1.69. The highest BCUT2D eigenvalue weighted by Gasteiger charge is 2.07. The Morgan fingerprint density at radius 1 is 1.37 bits per heavy atom. The molecule has 1 aromatic heterocycles. The predicted molar refractivity (Wildman–Crippen MR) is 84.4 cm³/mol. The molecule has 102 valence electrons. The van der Waals surface area contributed by atoms with Gasteiger partial charge in [0.1, 0.15) is 11.6 Å². The third kappa shape index (κ3) is 3.53. The number of benzene rings is 1. The molecule has 0 bridgehead atoms. The fraction of sp³-hybridized carbons (Fsp3) is 0.400. The summed E-state index contributed by atoms with van der Waals surface area (Å²) in [5.41, 5.74) is 0. The van der Waals surface area contributed by atoms with E-state index in [1.807, 2.05) is 36.2 Å². The second-order valence-electron chi connectivity index (χ2n) is 4.57. The van der Waals surface area contributed by atoms with Crippen molar-refractivity contribution in [1.82, 2.24) is 4.98 Å². The Balaban J connectivity index is 2.23. The molecule has 1 unspecified atom stereocenters. The smallest absolute Gasteiger partial charge is 0.134 e. The Hall–Kier alpha value is -1.42. The van der Waals surface area contributed by atoms with Crippen molar-refractivity contribution in [2.45, 2.75) is 19.4 Å². The molecule has 0 amide bonds. The average Bonchev–Trinajstić information content (AvgIpc) is 2.44. The Bertz CT molecular complexity index is 545. The van der Waals surface area contributed by atoms with Crippen LogP contribution < -0.4 is 10.1 Å². The Morgan fingerprint density at radius 3 is 2.95 bits per heavy atom. The number of fused-ring (bicyclic) bond motifs is 1. The Kier molecular flexibility index (Phi) is 4.91. The SMILES string of the molecule is COc1ccc2c(NC(C)CCSC)nccc2c1. The minimum absolute atomic E-state index is 0.424. The van der Waals surface area contributed by atoms with Crippen LogP contribution >= 0.6 is 11.8 Å². The summed E-state index contributed by atoms with van der Waals surface area (Å²) in [5, 5.41) is 5.78. The molecule has 0 radical (unpaired) electrons. The van der Waals surface area contributed by atoms with Crippen molar-refractivity contribution in [1.29, 1.82) is 0 Å². The Morgan fingerprint density at radius 2 is 2.21 bits per heavy atom. The summed E-state index contributed by atoms with van der Waals surface area (Å²) in [6.45, 7) is 2.19. The number of rotatable bonds is 6. The van der Waals surface area contributed by atoms with E-state index in [-0.39, 0.29) is 0 Å². The second kappa shape index (κ2) is 6.66. The van der Waals surface area contributed by atoms with Crippen LogP contribution in [0.15, 0.2) is 30.5 Å². The van der Waals surface area contributed by atoms with E-state index in [9.17, 15) is 0 Å². The molecule has 2 rings (SSSR count). The lowest BCUT2D eigenvalue weighted by Gasteiger charge is -2.15. The zero-order valence-electron chi connectivity index (χ0n) is 11.6. The van der Waals surface area contributed by atoms with Crippen LogP contribution in [0.1, 0.15) is 13.3 Å². The number of aromatic nitrogens is 1. The molecule has 19 heavy (non-hydrogen) atoms. The zero-order chi connectivity index (χ0) is 13.7. The molecule has 0 aliphatic heterocycles. The maximum absolute atomic E-state index is 5.25. The molecule has 3 nitrogen and oxygen atoms in total. The van der Waals surface area contributed by atoms with Gasteiger partial charge in [0.2, 0.25) is 0 Å². The van der Waals surface area contributed by atoms with E-state index in [2.05, 4.69) is 29.5 Å². The largest absolute Gasteiger partial charge is 0.497 e. The quantitative estimate of drug-likeness (QED) is 0.870. The fourth-order valence-electron chi connectivity index (χ4n) is 2.00. The van der Waals surface area contributed by atoms with Gasteiger partial charge in [-0.15, -0.1) is 0 Å². The first kappa shape index (κ1) is 14.0. The van der Waals surface area contributed by atoms with Gasteiger partial charge in [0, 0.05) is 17.6 Å². The third-order valence-electron chi connectivity index (χ3n) is 3.11. The fourth-order valence-corrected chi connectivity index (χ4v) is 2.59. The molecule has 1 N–H and O–H groups in total. The standard InChI is InChI=1S/C15H20N2OS/c1-11(7-9-19-3)17-15-14-5-4-13(18-2)10-12(14)6-8-16-15/h4-6,8,10-11H,7,9H2,1-3H3,(H,16,17). The van der Waals surface area contributed by atoms with Crippen molar-refractivity contribution in [2.24, 2.45) is 0 Å². The molecular formula is C15H20N2OS. The highest BCUT2D eigenvalue weighted by molar-refractivity contribution is 7.98. The number of pyridine rings is 1. The molecular weight excluding hydrogens is 256 g/mol. The number of ether oxygens (including phenoxy) is 1. The average molecular weight is 276 g/mol. The van der Waals surface area contributed by atoms with Crippen molar-refractivity contribution in [3.05, 3.63) is 30.5 Å². The maximum Gasteiger partial charge on any atom is 0.134 e. The van der Waals surface area contributed by atoms with Crippen LogP contribution in [-0.2, 0) is 0 Å². The third-order valence-corrected chi connectivity index (χ3v) is 3.75. The summed E-state index contributed by atoms with van der Waals surface area (Å²) in [6, 6.07) is 8.50. The van der Waals surface area contributed by atoms with E-state index in [0.29, 0.717) is 6.04 Å². The van der Waals surface area contributed by atoms with Crippen LogP contribution in [0.3, 0.4) is 0 Å². The van der Waals surface area contributed by atoms with Gasteiger partial charge in [-0.1, -0.05) is 0 Å². The monoisotopic (exact) mass is 276 g/mol. The number of hydrogen-bond donors (Lipinski definition) is 1. The van der Waals surface area contributed by atoms with Crippen LogP contribution in [0.25, 0.3) is 10.8 Å². The van der Waals surface area contributed by atoms with Gasteiger partial charge in [-0.25, -0.2) is 4.98 Å². The molecule has 1 heterocycles. The molecule has 4 heteroatoms. The number of anilines is 1. The van der Waals surface area contributed by atoms with Gasteiger partial charge in [0.05, 0.1) is 7.11 Å². The molecule has 0 aliphatic carbocycles. The van der Waals surface area contributed by atoms with Gasteiger partial charge in [-0.2, -0.15) is 11.8 Å². The first-order valence-electron chi connectivity index (χ1n) is 6.43. The van der Waals surface area contributed by atoms with Gasteiger partial charge < -0.3 is 10.1 Å². The normalized spacial score (nSPS) is 12.4. The molecule has 0 spiro atoms. The van der Waals surface area contributed by atoms with Gasteiger partial charge in [-0.3, -0.25) is 0 Å². The van der Waals surface area contributed by atoms with Crippen LogP contribution in [0.4, 0.5) is 5.82 Å². The van der Waals surface area contributed by atoms with E-state index in [1.165, 1.54) is 0 Å². The van der Waals surface area contributed by atoms with Crippen molar-refractivity contribution in [3.63, 3.8) is 0 Å². The summed E-state index contributed by atoms with van der Waals surface area (Å²) >= 11 is 1.87. The molecule has 0 saturated carbocycles. The van der Waals surface area contributed by atoms with Crippen molar-refractivity contribution < 1.29 is 4.74 Å². The summed E-state index contributed by atoms with van der Waals surface area (Å²) in [6.07, 6.45) is 5.11. The van der Waals surface area contributed by atoms with Crippen LogP contribution in [-0.4, -0.2) is 30.1 Å². The molecule has 1 atom stereocenters. The van der Waals surface area contributed by atoms with E-state index < -0.39 is 0 Å². The number of nitrogens with one attached hydrogen (secondary N) is 1. The summed E-state index contributed by atoms with van der Waals surface area (Å²) in [5.74, 6) is 2.99. The van der Waals surface area contributed by atoms with Crippen molar-refractivity contribution >= 4 is 28.4 Å². The lowest BCUT2D eigenvalue weighted by atomic mass is 10.1. The number of thioether (sulfide) groups is 1. The maximum atomic E-state index is 5.25. The van der Waals surface area contributed by atoms with Gasteiger partial charge >= 0.3 is 0 Å². The van der Waals surface area contributed by atoms with Crippen molar-refractivity contribution in [2.75, 3.05) is 24.4 Å². The minimum Gasteiger partial charge on any atom is -0.497 e. The first-order valence-corrected chi connectivity index (χ1v) is 7.82. The molecule has 0 aliphatic rings. The number of hydrogen-bond acceptors (Lipinski definition) is 4. The molecule has 0 saturated heterocycles. The number of nitrogens with zero attached hydrogens (tertiary/aromatic N) is 1. The van der Waals surface area contributed by atoms with E-state index in [0.717, 1.165) is 34.5 Å². The van der Waals surface area contributed by atoms with Gasteiger partial charge in [0.15, 0.2) is 0 Å². The topological polar surface area (TPSA) is 34.1 Å². The van der Waals surface area contributed by atoms with E-state index in [4.69, 9.17) is 4.74 Å². The first-order chi connectivity index (χ1) is 9.24. The van der Waals surface area contributed by atoms with Gasteiger partial charge in [-0.05, 0) is 55.0 Å². The van der Waals surface area contributed by atoms with Crippen LogP contribution in [0.5, 0.6) is 5.75 Å². The van der Waals surface area contributed by atoms with Crippen molar-refractivity contribution in [3.8, 4) is 5.75 Å². The summed E-state index contributed by atoms with van der Waals surface area (Å²) < 4.78 is 5.25. The Labute approximate surface area is 118 Å². The molecule has 0 fully saturated rings. The number of methoxy groups -OCH3 is 1. The second-order valence-corrected chi connectivity index (χ2v) is 5.56. The highest BCUT2D eigenvalue weighted by atomic mass is 32.2. The minimum atomic E-state index is 0.424. The molecule has 2 aromatic rings. The lowest BCUT2D eigenvalue weighted by molar-refractivity contribution is 0.415. The predicted octanol–water partition coefficient (Wildman–Crippen LogP) is 3.80.